The van der Waals surface area contributed by atoms with Gasteiger partial charge < -0.3 is 0 Å². The van der Waals surface area contributed by atoms with Gasteiger partial charge in [-0.15, -0.1) is 0 Å². The number of aryl methyl sites for hydroxylation is 1. The number of halogens is 3. The van der Waals surface area contributed by atoms with E-state index in [1.165, 1.54) is 61.5 Å². The Morgan fingerprint density at radius 1 is 0.906 bits per heavy atom. The highest BCUT2D eigenvalue weighted by molar-refractivity contribution is 7.92. The minimum atomic E-state index is -4.08. The molecule has 0 saturated carbocycles. The van der Waals surface area contributed by atoms with Crippen LogP contribution in [0.25, 0.3) is 0 Å². The zero-order valence-electron chi connectivity index (χ0n) is 16.4. The number of rotatable bonds is 5. The van der Waals surface area contributed by atoms with Crippen LogP contribution in [0.1, 0.15) is 26.3 Å². The molecule has 3 aromatic rings. The third-order valence-corrected chi connectivity index (χ3v) is 6.24. The fourth-order valence-electron chi connectivity index (χ4n) is 2.60. The molecule has 0 radical (unpaired) electrons. The van der Waals surface area contributed by atoms with Crippen LogP contribution in [0.3, 0.4) is 0 Å². The van der Waals surface area contributed by atoms with E-state index in [2.05, 4.69) is 15.6 Å². The van der Waals surface area contributed by atoms with Gasteiger partial charge in [-0.1, -0.05) is 35.3 Å². The quantitative estimate of drug-likeness (QED) is 0.458. The van der Waals surface area contributed by atoms with Gasteiger partial charge in [-0.3, -0.25) is 25.2 Å². The Labute approximate surface area is 193 Å². The first-order chi connectivity index (χ1) is 15.1. The van der Waals surface area contributed by atoms with Crippen molar-refractivity contribution in [2.45, 2.75) is 11.8 Å². The average Bonchev–Trinajstić information content (AvgIpc) is 2.75. The van der Waals surface area contributed by atoms with E-state index in [9.17, 15) is 22.4 Å². The van der Waals surface area contributed by atoms with Gasteiger partial charge >= 0.3 is 0 Å². The number of carbonyl (C=O) groups excluding carboxylic acids is 2. The lowest BCUT2D eigenvalue weighted by molar-refractivity contribution is 0.0847. The van der Waals surface area contributed by atoms with Crippen LogP contribution >= 0.6 is 23.2 Å². The van der Waals surface area contributed by atoms with Crippen molar-refractivity contribution in [3.63, 3.8) is 0 Å². The zero-order chi connectivity index (χ0) is 23.5. The fraction of sp³-hybridized carbons (Fsp3) is 0.0476. The van der Waals surface area contributed by atoms with Crippen molar-refractivity contribution >= 4 is 50.7 Å². The molecule has 0 aliphatic rings. The molecule has 0 aromatic heterocycles. The van der Waals surface area contributed by atoms with E-state index in [1.807, 2.05) is 0 Å². The average molecular weight is 496 g/mol. The highest BCUT2D eigenvalue weighted by Crippen LogP contribution is 2.21. The minimum absolute atomic E-state index is 0.0535. The maximum absolute atomic E-state index is 13.7. The first-order valence-corrected chi connectivity index (χ1v) is 11.3. The number of anilines is 1. The van der Waals surface area contributed by atoms with Crippen LogP contribution in [-0.2, 0) is 10.0 Å². The molecule has 0 saturated heterocycles. The summed E-state index contributed by atoms with van der Waals surface area (Å²) in [6.07, 6.45) is 0. The van der Waals surface area contributed by atoms with Crippen LogP contribution < -0.4 is 15.6 Å². The van der Waals surface area contributed by atoms with Crippen LogP contribution in [0.5, 0.6) is 0 Å². The highest BCUT2D eigenvalue weighted by atomic mass is 35.5. The number of hydrogen-bond donors (Lipinski definition) is 3. The summed E-state index contributed by atoms with van der Waals surface area (Å²) in [5.74, 6) is -2.06. The van der Waals surface area contributed by atoms with Crippen LogP contribution in [0.15, 0.2) is 65.6 Å². The van der Waals surface area contributed by atoms with Gasteiger partial charge in [-0.05, 0) is 61.0 Å². The third-order valence-electron chi connectivity index (χ3n) is 4.29. The molecule has 7 nitrogen and oxygen atoms in total. The second-order valence-corrected chi connectivity index (χ2v) is 9.16. The van der Waals surface area contributed by atoms with Crippen LogP contribution in [0, 0.1) is 12.7 Å². The first-order valence-electron chi connectivity index (χ1n) is 9.01. The van der Waals surface area contributed by atoms with Gasteiger partial charge in [0.25, 0.3) is 21.8 Å². The number of hydrogen-bond acceptors (Lipinski definition) is 4. The van der Waals surface area contributed by atoms with Crippen molar-refractivity contribution in [2.24, 2.45) is 0 Å². The number of carbonyl (C=O) groups is 2. The Morgan fingerprint density at radius 2 is 1.62 bits per heavy atom. The van der Waals surface area contributed by atoms with Gasteiger partial charge in [0, 0.05) is 16.3 Å². The molecule has 0 heterocycles. The van der Waals surface area contributed by atoms with Gasteiger partial charge in [0.1, 0.15) is 5.82 Å². The van der Waals surface area contributed by atoms with Crippen molar-refractivity contribution in [2.75, 3.05) is 4.72 Å². The molecule has 0 spiro atoms. The largest absolute Gasteiger partial charge is 0.280 e. The minimum Gasteiger partial charge on any atom is -0.280 e. The third kappa shape index (κ3) is 5.56. The number of nitrogens with one attached hydrogen (secondary N) is 3. The molecule has 0 atom stereocenters. The van der Waals surface area contributed by atoms with Crippen molar-refractivity contribution in [1.29, 1.82) is 0 Å². The highest BCUT2D eigenvalue weighted by Gasteiger charge is 2.17. The summed E-state index contributed by atoms with van der Waals surface area (Å²) in [5.41, 5.74) is 4.92. The maximum atomic E-state index is 13.7. The standard InChI is InChI=1S/C21H16Cl2FN3O4S/c1-12-5-7-16(11-19(12)24)32(30,31)27-15-4-2-3-13(9-15)20(28)25-26-21(29)17-10-14(22)6-8-18(17)23/h2-11,27H,1H3,(H,25,28)(H,26,29). The lowest BCUT2D eigenvalue weighted by atomic mass is 10.2. The summed E-state index contributed by atoms with van der Waals surface area (Å²) < 4.78 is 41.1. The Balaban J connectivity index is 1.71. The number of sulfonamides is 1. The molecule has 2 amide bonds. The maximum Gasteiger partial charge on any atom is 0.271 e. The Bertz CT molecular complexity index is 1320. The van der Waals surface area contributed by atoms with Gasteiger partial charge in [-0.2, -0.15) is 0 Å². The number of benzene rings is 3. The monoisotopic (exact) mass is 495 g/mol. The predicted molar refractivity (Wildman–Crippen MR) is 120 cm³/mol. The molecule has 3 N–H and O–H groups in total. The Kier molecular flexibility index (Phi) is 7.02. The summed E-state index contributed by atoms with van der Waals surface area (Å²) in [6, 6.07) is 13.4. The zero-order valence-corrected chi connectivity index (χ0v) is 18.8. The van der Waals surface area contributed by atoms with E-state index in [0.717, 1.165) is 6.07 Å². The molecule has 11 heteroatoms. The van der Waals surface area contributed by atoms with Gasteiger partial charge in [-0.25, -0.2) is 12.8 Å². The molecule has 0 bridgehead atoms. The molecule has 0 aliphatic heterocycles. The van der Waals surface area contributed by atoms with Crippen LogP contribution in [-0.4, -0.2) is 20.2 Å². The smallest absolute Gasteiger partial charge is 0.271 e. The van der Waals surface area contributed by atoms with Gasteiger partial charge in [0.2, 0.25) is 0 Å². The topological polar surface area (TPSA) is 104 Å². The number of amides is 2. The van der Waals surface area contributed by atoms with Crippen molar-refractivity contribution < 1.29 is 22.4 Å². The summed E-state index contributed by atoms with van der Waals surface area (Å²) >= 11 is 11.8. The van der Waals surface area contributed by atoms with E-state index in [4.69, 9.17) is 23.2 Å². The fourth-order valence-corrected chi connectivity index (χ4v) is 4.04. The lowest BCUT2D eigenvalue weighted by Crippen LogP contribution is -2.41. The number of hydrazine groups is 1. The summed E-state index contributed by atoms with van der Waals surface area (Å²) in [5, 5.41) is 0.435. The molecule has 32 heavy (non-hydrogen) atoms. The normalized spacial score (nSPS) is 11.0. The summed E-state index contributed by atoms with van der Waals surface area (Å²) in [6.45, 7) is 1.51. The molecule has 0 fully saturated rings. The van der Waals surface area contributed by atoms with E-state index in [1.54, 1.807) is 0 Å². The van der Waals surface area contributed by atoms with Gasteiger partial charge in [0.15, 0.2) is 0 Å². The Hall–Kier alpha value is -3.14. The van der Waals surface area contributed by atoms with E-state index < -0.39 is 27.7 Å². The molecule has 3 aromatic carbocycles. The van der Waals surface area contributed by atoms with E-state index >= 15 is 0 Å². The van der Waals surface area contributed by atoms with Gasteiger partial charge in [0.05, 0.1) is 15.5 Å². The molecular weight excluding hydrogens is 480 g/mol. The second-order valence-electron chi connectivity index (χ2n) is 6.63. The molecular formula is C21H16Cl2FN3O4S. The SMILES string of the molecule is Cc1ccc(S(=O)(=O)Nc2cccc(C(=O)NNC(=O)c3cc(Cl)ccc3Cl)c2)cc1F. The van der Waals surface area contributed by atoms with E-state index in [0.29, 0.717) is 10.6 Å². The predicted octanol–water partition coefficient (Wildman–Crippen LogP) is 4.32. The lowest BCUT2D eigenvalue weighted by Gasteiger charge is -2.11. The van der Waals surface area contributed by atoms with Crippen molar-refractivity contribution in [3.05, 3.63) is 93.2 Å². The molecule has 0 aliphatic carbocycles. The van der Waals surface area contributed by atoms with E-state index in [-0.39, 0.29) is 26.7 Å². The summed E-state index contributed by atoms with van der Waals surface area (Å²) in [7, 11) is -4.08. The summed E-state index contributed by atoms with van der Waals surface area (Å²) in [4.78, 5) is 24.4. The Morgan fingerprint density at radius 3 is 2.34 bits per heavy atom. The van der Waals surface area contributed by atoms with Crippen molar-refractivity contribution in [3.8, 4) is 0 Å². The molecule has 0 unspecified atom stereocenters. The first kappa shape index (κ1) is 23.5. The van der Waals surface area contributed by atoms with Crippen LogP contribution in [0.2, 0.25) is 10.0 Å². The van der Waals surface area contributed by atoms with Crippen LogP contribution in [0.4, 0.5) is 10.1 Å². The molecule has 3 rings (SSSR count). The van der Waals surface area contributed by atoms with Crippen molar-refractivity contribution in [1.82, 2.24) is 10.9 Å². The second kappa shape index (κ2) is 9.56. The molecule has 166 valence electrons.